The first kappa shape index (κ1) is 58.3. The Labute approximate surface area is 335 Å². The molecule has 0 saturated carbocycles. The Bertz CT molecular complexity index is 652. The summed E-state index contributed by atoms with van der Waals surface area (Å²) in [4.78, 5) is 48.1. The molecule has 0 aliphatic carbocycles. The van der Waals surface area contributed by atoms with Gasteiger partial charge in [-0.2, -0.15) is 0 Å². The summed E-state index contributed by atoms with van der Waals surface area (Å²) in [7, 11) is -1.19. The largest absolute Gasteiger partial charge is 2.00 e. The fraction of sp³-hybridized carbons (Fsp3) is 1.00. The van der Waals surface area contributed by atoms with Gasteiger partial charge in [-0.3, -0.25) is 0 Å². The predicted molar refractivity (Wildman–Crippen MR) is 196 cm³/mol. The summed E-state index contributed by atoms with van der Waals surface area (Å²) in [6.45, 7) is 17.5. The molecule has 260 valence electrons. The molecule has 0 aliphatic rings. The molecule has 0 fully saturated rings. The molecular formula is C32H68O4P2S4Zn3. The Hall–Kier alpha value is 3.97. The van der Waals surface area contributed by atoms with Crippen molar-refractivity contribution in [1.29, 1.82) is 0 Å². The van der Waals surface area contributed by atoms with E-state index in [2.05, 4.69) is 55.4 Å². The van der Waals surface area contributed by atoms with E-state index in [4.69, 9.17) is 24.5 Å². The average Bonchev–Trinajstić information content (AvgIpc) is 2.94. The van der Waals surface area contributed by atoms with Crippen molar-refractivity contribution in [3.05, 3.63) is 0 Å². The van der Waals surface area contributed by atoms with Crippen LogP contribution in [-0.2, 0) is 103 Å². The van der Waals surface area contributed by atoms with Gasteiger partial charge < -0.3 is 55.5 Å². The second kappa shape index (κ2) is 36.3. The van der Waals surface area contributed by atoms with Gasteiger partial charge in [0.2, 0.25) is 0 Å². The normalized spacial score (nSPS) is 15.6. The quantitative estimate of drug-likeness (QED) is 0.0555. The molecule has 4 nitrogen and oxygen atoms in total. The van der Waals surface area contributed by atoms with Gasteiger partial charge in [0.05, 0.1) is 0 Å². The smallest absolute Gasteiger partial charge is 0.854 e. The second-order valence-corrected chi connectivity index (χ2v) is 27.4. The molecule has 0 spiro atoms. The Kier molecular flexibility index (Phi) is 47.1. The monoisotopic (exact) mass is 898 g/mol. The van der Waals surface area contributed by atoms with Gasteiger partial charge in [0, 0.05) is 0 Å². The molecule has 0 aromatic carbocycles. The molecule has 0 radical (unpaired) electrons. The maximum absolute atomic E-state index is 12.0. The zero-order chi connectivity index (χ0) is 32.6. The summed E-state index contributed by atoms with van der Waals surface area (Å²) in [5, 5.41) is 0. The SMILES string of the molecule is CCCCC(CC)CS(CC(CC)CCCC)=P([O-])([O-])[S-].CCCCC(CC)CS(CC(CC)CCCC)=P([O-])([O-])[S-].[Zn+2].[Zn+2].[Zn+2]. The number of rotatable bonds is 24. The first-order valence-electron chi connectivity index (χ1n) is 17.2. The van der Waals surface area contributed by atoms with Crippen molar-refractivity contribution >= 4 is 56.0 Å². The van der Waals surface area contributed by atoms with Crippen LogP contribution in [0.5, 0.6) is 0 Å². The third-order valence-electron chi connectivity index (χ3n) is 8.52. The van der Waals surface area contributed by atoms with Gasteiger partial charge in [0.1, 0.15) is 0 Å². The maximum Gasteiger partial charge on any atom is 2.00 e. The van der Waals surface area contributed by atoms with Crippen molar-refractivity contribution in [3.8, 4) is 0 Å². The van der Waals surface area contributed by atoms with Crippen molar-refractivity contribution < 1.29 is 78.0 Å². The van der Waals surface area contributed by atoms with Gasteiger partial charge in [-0.1, -0.05) is 132 Å². The summed E-state index contributed by atoms with van der Waals surface area (Å²) < 4.78 is 0. The summed E-state index contributed by atoms with van der Waals surface area (Å²) in [6, 6.07) is 0. The number of hydrogen-bond acceptors (Lipinski definition) is 6. The van der Waals surface area contributed by atoms with Crippen LogP contribution in [0.25, 0.3) is 0 Å². The molecule has 0 N–H and O–H groups in total. The summed E-state index contributed by atoms with van der Waals surface area (Å²) >= 11 is 9.75. The minimum absolute atomic E-state index is 0. The average molecular weight is 903 g/mol. The first-order chi connectivity index (χ1) is 19.8. The first-order valence-corrected chi connectivity index (χ1v) is 26.8. The molecule has 0 aromatic rings. The van der Waals surface area contributed by atoms with Crippen molar-refractivity contribution in [2.45, 2.75) is 158 Å². The van der Waals surface area contributed by atoms with E-state index in [0.29, 0.717) is 23.7 Å². The third-order valence-corrected chi connectivity index (χ3v) is 22.6. The van der Waals surface area contributed by atoms with E-state index < -0.39 is 31.5 Å². The molecule has 4 unspecified atom stereocenters. The number of unbranched alkanes of at least 4 members (excludes halogenated alkanes) is 4. The van der Waals surface area contributed by atoms with Gasteiger partial charge in [-0.15, -0.1) is 0 Å². The molecule has 0 aliphatic heterocycles. The van der Waals surface area contributed by atoms with Gasteiger partial charge in [-0.05, 0) is 72.4 Å². The molecular weight excluding hydrogens is 835 g/mol. The van der Waals surface area contributed by atoms with E-state index in [1.165, 1.54) is 51.4 Å². The maximum atomic E-state index is 12.0. The topological polar surface area (TPSA) is 92.2 Å². The summed E-state index contributed by atoms with van der Waals surface area (Å²) in [5.74, 6) is 5.35. The van der Waals surface area contributed by atoms with E-state index in [-0.39, 0.29) is 58.4 Å². The van der Waals surface area contributed by atoms with Crippen molar-refractivity contribution in [1.82, 2.24) is 0 Å². The van der Waals surface area contributed by atoms with Crippen molar-refractivity contribution in [3.63, 3.8) is 0 Å². The zero-order valence-electron chi connectivity index (χ0n) is 30.7. The Balaban J connectivity index is -0.000000222. The van der Waals surface area contributed by atoms with E-state index >= 15 is 0 Å². The predicted octanol–water partition coefficient (Wildman–Crippen LogP) is 7.96. The van der Waals surface area contributed by atoms with Crippen molar-refractivity contribution in [2.24, 2.45) is 23.7 Å². The molecule has 0 bridgehead atoms. The van der Waals surface area contributed by atoms with E-state index in [9.17, 15) is 19.6 Å². The Morgan fingerprint density at radius 3 is 0.711 bits per heavy atom. The van der Waals surface area contributed by atoms with Crippen molar-refractivity contribution in [2.75, 3.05) is 23.0 Å². The molecule has 45 heavy (non-hydrogen) atoms. The van der Waals surface area contributed by atoms with Crippen LogP contribution in [0.1, 0.15) is 158 Å². The fourth-order valence-electron chi connectivity index (χ4n) is 5.18. The number of hydrogen-bond donors (Lipinski definition) is 0. The zero-order valence-corrected chi connectivity index (χ0v) is 44.7. The standard InChI is InChI=1S/2C16H34O2PS2.3Zn/c2*1-5-9-11-15(7-3)13-21(19(17,18)20)14-16(8-4)12-10-6-2;;;/h2*15-16H,5-14H2,1-4H3;;;/q2*-3;3*+2. The minimum atomic E-state index is -3.61. The summed E-state index contributed by atoms with van der Waals surface area (Å²) in [5.41, 5.74) is -7.23. The van der Waals surface area contributed by atoms with Gasteiger partial charge in [0.25, 0.3) is 0 Å². The van der Waals surface area contributed by atoms with Crippen LogP contribution in [0.2, 0.25) is 0 Å². The van der Waals surface area contributed by atoms with Crippen LogP contribution in [0.15, 0.2) is 0 Å². The van der Waals surface area contributed by atoms with Crippen LogP contribution < -0.4 is 19.6 Å². The van der Waals surface area contributed by atoms with Gasteiger partial charge >= 0.3 is 58.4 Å². The Morgan fingerprint density at radius 1 is 0.422 bits per heavy atom. The van der Waals surface area contributed by atoms with Gasteiger partial charge in [-0.25, -0.2) is 20.1 Å². The Morgan fingerprint density at radius 2 is 0.600 bits per heavy atom. The molecule has 4 atom stereocenters. The molecule has 13 heteroatoms. The molecule has 0 saturated heterocycles. The summed E-state index contributed by atoms with van der Waals surface area (Å²) in [6.07, 6.45) is 18.4. The molecule has 0 heterocycles. The second-order valence-electron chi connectivity index (χ2n) is 12.2. The van der Waals surface area contributed by atoms with E-state index in [1.807, 2.05) is 0 Å². The van der Waals surface area contributed by atoms with Crippen LogP contribution in [0.3, 0.4) is 0 Å². The van der Waals surface area contributed by atoms with Crippen LogP contribution >= 0.6 is 11.4 Å². The van der Waals surface area contributed by atoms with Crippen LogP contribution in [0.4, 0.5) is 0 Å². The molecule has 0 aromatic heterocycles. The third kappa shape index (κ3) is 32.4. The molecule has 0 rings (SSSR count). The van der Waals surface area contributed by atoms with E-state index in [1.54, 1.807) is 0 Å². The van der Waals surface area contributed by atoms with Gasteiger partial charge in [0.15, 0.2) is 0 Å². The minimum Gasteiger partial charge on any atom is -0.854 e. The van der Waals surface area contributed by atoms with Crippen LogP contribution in [0, 0.1) is 23.7 Å². The van der Waals surface area contributed by atoms with Crippen LogP contribution in [-0.4, -0.2) is 23.0 Å². The van der Waals surface area contributed by atoms with E-state index in [0.717, 1.165) is 74.4 Å². The molecule has 0 amide bonds. The fourth-order valence-corrected chi connectivity index (χ4v) is 16.9.